The van der Waals surface area contributed by atoms with Crippen LogP contribution < -0.4 is 6.15 Å². The summed E-state index contributed by atoms with van der Waals surface area (Å²) in [4.78, 5) is 0. The summed E-state index contributed by atoms with van der Waals surface area (Å²) in [6.45, 7) is 7.07. The van der Waals surface area contributed by atoms with Crippen molar-refractivity contribution in [2.24, 2.45) is 0 Å². The molecule has 0 fully saturated rings. The van der Waals surface area contributed by atoms with Crippen LogP contribution in [-0.4, -0.2) is 14.4 Å². The minimum atomic E-state index is -1.36. The van der Waals surface area contributed by atoms with Crippen LogP contribution in [-0.2, 0) is 0 Å². The molecule has 3 heteroatoms. The zero-order valence-corrected chi connectivity index (χ0v) is 11.7. The third kappa shape index (κ3) is 4.84. The molecule has 0 aliphatic heterocycles. The van der Waals surface area contributed by atoms with Crippen LogP contribution in [0.3, 0.4) is 0 Å². The molecule has 0 rings (SSSR count). The minimum Gasteiger partial charge on any atom is -0.344 e. The molecule has 58 valence electrons. The Balaban J connectivity index is 0. The fourth-order valence-electron chi connectivity index (χ4n) is 0.750. The Bertz CT molecular complexity index is 55.8. The van der Waals surface area contributed by atoms with E-state index in [-0.39, 0.29) is 6.15 Å². The van der Waals surface area contributed by atoms with E-state index >= 15 is 0 Å². The van der Waals surface area contributed by atoms with E-state index in [0.717, 1.165) is 0 Å². The van der Waals surface area contributed by atoms with Gasteiger partial charge in [0.05, 0.1) is 0 Å². The maximum atomic E-state index is 2.78. The quantitative estimate of drug-likeness (QED) is 0.613. The summed E-state index contributed by atoms with van der Waals surface area (Å²) in [7, 11) is 0. The Morgan fingerprint density at radius 3 is 1.22 bits per heavy atom. The zero-order valence-electron chi connectivity index (χ0n) is 6.71. The molecule has 0 heterocycles. The molecule has 0 bridgehead atoms. The van der Waals surface area contributed by atoms with Gasteiger partial charge in [0.15, 0.2) is 0 Å². The maximum absolute atomic E-state index is 2.78. The van der Waals surface area contributed by atoms with Gasteiger partial charge in [0.25, 0.3) is 0 Å². The van der Waals surface area contributed by atoms with E-state index in [4.69, 9.17) is 0 Å². The van der Waals surface area contributed by atoms with Gasteiger partial charge < -0.3 is 6.15 Å². The molecule has 0 radical (unpaired) electrons. The molecule has 0 aliphatic carbocycles. The van der Waals surface area contributed by atoms with E-state index in [2.05, 4.69) is 39.4 Å². The molecular formula is C6H18INSn. The molecule has 0 aromatic carbocycles. The fourth-order valence-corrected chi connectivity index (χ4v) is 5.03. The first-order valence-corrected chi connectivity index (χ1v) is 17.7. The first kappa shape index (κ1) is 13.1. The van der Waals surface area contributed by atoms with Gasteiger partial charge >= 0.3 is 67.1 Å². The maximum Gasteiger partial charge on any atom is -0.344 e. The van der Waals surface area contributed by atoms with E-state index in [1.165, 1.54) is 13.3 Å². The summed E-state index contributed by atoms with van der Waals surface area (Å²) in [6.07, 6.45) is 0. The molecule has 1 nitrogen and oxygen atoms in total. The number of halogens is 1. The molecule has 9 heavy (non-hydrogen) atoms. The molecule has 0 amide bonds. The van der Waals surface area contributed by atoms with Gasteiger partial charge in [0, 0.05) is 0 Å². The average molecular weight is 350 g/mol. The molecule has 0 spiro atoms. The largest absolute Gasteiger partial charge is 0.344 e. The number of hydrogen-bond donors (Lipinski definition) is 1. The van der Waals surface area contributed by atoms with Crippen LogP contribution in [0.25, 0.3) is 0 Å². The van der Waals surface area contributed by atoms with Gasteiger partial charge in [-0.25, -0.2) is 0 Å². The molecule has 0 saturated heterocycles. The first-order chi connectivity index (χ1) is 3.68. The van der Waals surface area contributed by atoms with Crippen LogP contribution in [0.1, 0.15) is 20.8 Å². The van der Waals surface area contributed by atoms with Crippen molar-refractivity contribution in [2.75, 3.05) is 0 Å². The van der Waals surface area contributed by atoms with E-state index < -0.39 is 14.4 Å². The van der Waals surface area contributed by atoms with Crippen molar-refractivity contribution in [3.63, 3.8) is 0 Å². The van der Waals surface area contributed by atoms with Crippen molar-refractivity contribution in [1.82, 2.24) is 6.15 Å². The SMILES string of the molecule is C[CH2][Sn]([I])([CH2]C)[CH2]C.N. The molecular weight excluding hydrogens is 332 g/mol. The van der Waals surface area contributed by atoms with Crippen molar-refractivity contribution in [3.05, 3.63) is 0 Å². The molecule has 0 atom stereocenters. The van der Waals surface area contributed by atoms with Crippen LogP contribution >= 0.6 is 18.6 Å². The van der Waals surface area contributed by atoms with Gasteiger partial charge in [-0.3, -0.25) is 0 Å². The summed E-state index contributed by atoms with van der Waals surface area (Å²) in [5.74, 6) is 0. The predicted octanol–water partition coefficient (Wildman–Crippen LogP) is 3.59. The summed E-state index contributed by atoms with van der Waals surface area (Å²) in [5.41, 5.74) is 0. The van der Waals surface area contributed by atoms with Crippen LogP contribution in [0.15, 0.2) is 0 Å². The van der Waals surface area contributed by atoms with Crippen molar-refractivity contribution >= 4 is 33.0 Å². The second-order valence-electron chi connectivity index (χ2n) is 2.21. The zero-order chi connectivity index (χ0) is 6.62. The van der Waals surface area contributed by atoms with Gasteiger partial charge in [0.2, 0.25) is 0 Å². The molecule has 0 aromatic heterocycles. The second-order valence-corrected chi connectivity index (χ2v) is 30.2. The van der Waals surface area contributed by atoms with Crippen LogP contribution in [0.4, 0.5) is 0 Å². The molecule has 0 aromatic rings. The predicted molar refractivity (Wildman–Crippen MR) is 56.2 cm³/mol. The minimum absolute atomic E-state index is 0. The standard InChI is InChI=1S/3C2H5.HI.H3N.Sn/c3*1-2;;;/h3*1H2,2H3;1H;1H3;/q;;;;;+1/p-1. The van der Waals surface area contributed by atoms with Crippen LogP contribution in [0, 0.1) is 0 Å². The number of hydrogen-bond acceptors (Lipinski definition) is 1. The third-order valence-electron chi connectivity index (χ3n) is 1.90. The number of rotatable bonds is 3. The summed E-state index contributed by atoms with van der Waals surface area (Å²) >= 11 is 1.41. The molecule has 0 aliphatic rings. The third-order valence-corrected chi connectivity index (χ3v) is 28.1. The average Bonchev–Trinajstić information content (AvgIpc) is 1.87. The Morgan fingerprint density at radius 1 is 1.00 bits per heavy atom. The Kier molecular flexibility index (Phi) is 9.05. The van der Waals surface area contributed by atoms with E-state index in [0.29, 0.717) is 0 Å². The summed E-state index contributed by atoms with van der Waals surface area (Å²) < 4.78 is 4.55. The van der Waals surface area contributed by atoms with Crippen LogP contribution in [0.2, 0.25) is 13.3 Å². The van der Waals surface area contributed by atoms with Gasteiger partial charge in [-0.2, -0.15) is 0 Å². The Morgan fingerprint density at radius 2 is 1.22 bits per heavy atom. The topological polar surface area (TPSA) is 35.0 Å². The van der Waals surface area contributed by atoms with Gasteiger partial charge in [-0.1, -0.05) is 0 Å². The van der Waals surface area contributed by atoms with Crippen molar-refractivity contribution in [3.8, 4) is 0 Å². The Hall–Kier alpha value is 1.49. The summed E-state index contributed by atoms with van der Waals surface area (Å²) in [6, 6.07) is 0. The molecule has 0 unspecified atom stereocenters. The fraction of sp³-hybridized carbons (Fsp3) is 1.00. The van der Waals surface area contributed by atoms with Crippen LogP contribution in [0.5, 0.6) is 0 Å². The smallest absolute Gasteiger partial charge is 0.344 e. The van der Waals surface area contributed by atoms with E-state index in [9.17, 15) is 0 Å². The summed E-state index contributed by atoms with van der Waals surface area (Å²) in [5, 5.41) is 0. The normalized spacial score (nSPS) is 10.7. The Labute approximate surface area is 72.6 Å². The second kappa shape index (κ2) is 6.22. The van der Waals surface area contributed by atoms with Gasteiger partial charge in [0.1, 0.15) is 0 Å². The molecule has 0 saturated carbocycles. The first-order valence-electron chi connectivity index (χ1n) is 3.37. The molecule has 3 N–H and O–H groups in total. The van der Waals surface area contributed by atoms with Crippen molar-refractivity contribution in [1.29, 1.82) is 0 Å². The van der Waals surface area contributed by atoms with E-state index in [1.54, 1.807) is 0 Å². The van der Waals surface area contributed by atoms with Crippen molar-refractivity contribution < 1.29 is 0 Å². The van der Waals surface area contributed by atoms with Gasteiger partial charge in [-0.05, 0) is 0 Å². The van der Waals surface area contributed by atoms with Crippen molar-refractivity contribution in [2.45, 2.75) is 34.1 Å². The van der Waals surface area contributed by atoms with Gasteiger partial charge in [-0.15, -0.1) is 0 Å². The van der Waals surface area contributed by atoms with E-state index in [1.807, 2.05) is 0 Å². The monoisotopic (exact) mass is 351 g/mol.